The smallest absolute Gasteiger partial charge is 0.330 e. The largest absolute Gasteiger partial charge is 0.463 e. The van der Waals surface area contributed by atoms with Crippen LogP contribution in [0.2, 0.25) is 5.02 Å². The summed E-state index contributed by atoms with van der Waals surface area (Å²) in [6, 6.07) is 5.70. The van der Waals surface area contributed by atoms with E-state index in [-0.39, 0.29) is 18.2 Å². The molecule has 1 aromatic carbocycles. The van der Waals surface area contributed by atoms with E-state index in [1.807, 2.05) is 18.2 Å². The van der Waals surface area contributed by atoms with Gasteiger partial charge in [0.2, 0.25) is 0 Å². The number of ether oxygens (including phenoxy) is 3. The average molecular weight is 339 g/mol. The van der Waals surface area contributed by atoms with Crippen LogP contribution in [0.4, 0.5) is 0 Å². The molecule has 5 heteroatoms. The van der Waals surface area contributed by atoms with Crippen LogP contribution in [0.5, 0.6) is 0 Å². The maximum atomic E-state index is 11.6. The van der Waals surface area contributed by atoms with Crippen molar-refractivity contribution in [3.8, 4) is 0 Å². The first kappa shape index (κ1) is 18.0. The third-order valence-corrected chi connectivity index (χ3v) is 3.87. The zero-order valence-electron chi connectivity index (χ0n) is 13.6. The number of esters is 1. The van der Waals surface area contributed by atoms with E-state index in [4.69, 9.17) is 25.8 Å². The van der Waals surface area contributed by atoms with Crippen LogP contribution >= 0.6 is 11.6 Å². The van der Waals surface area contributed by atoms with Gasteiger partial charge < -0.3 is 14.2 Å². The third kappa shape index (κ3) is 5.65. The van der Waals surface area contributed by atoms with Gasteiger partial charge in [0.1, 0.15) is 6.10 Å². The summed E-state index contributed by atoms with van der Waals surface area (Å²) in [4.78, 5) is 11.6. The summed E-state index contributed by atoms with van der Waals surface area (Å²) < 4.78 is 16.1. The highest BCUT2D eigenvalue weighted by atomic mass is 35.5. The van der Waals surface area contributed by atoms with E-state index in [1.165, 1.54) is 6.08 Å². The first-order valence-corrected chi connectivity index (χ1v) is 8.39. The van der Waals surface area contributed by atoms with Crippen molar-refractivity contribution >= 4 is 23.6 Å². The topological polar surface area (TPSA) is 48.1 Å². The van der Waals surface area contributed by atoms with Crippen LogP contribution in [-0.2, 0) is 19.0 Å². The van der Waals surface area contributed by atoms with Crippen LogP contribution in [0.25, 0.3) is 6.08 Å². The zero-order valence-corrected chi connectivity index (χ0v) is 14.3. The SMILES string of the molecule is CCC[C@@H](OCC1CO1)c1cccc(Cl)c1C=CC(=O)OCC. The van der Waals surface area contributed by atoms with Gasteiger partial charge in [0, 0.05) is 11.1 Å². The molecule has 1 fully saturated rings. The maximum absolute atomic E-state index is 11.6. The van der Waals surface area contributed by atoms with Gasteiger partial charge in [0.05, 0.1) is 25.9 Å². The Kier molecular flexibility index (Phi) is 7.09. The highest BCUT2D eigenvalue weighted by molar-refractivity contribution is 6.32. The van der Waals surface area contributed by atoms with Crippen LogP contribution in [0.1, 0.15) is 43.9 Å². The summed E-state index contributed by atoms with van der Waals surface area (Å²) in [5, 5.41) is 0.593. The second-order valence-electron chi connectivity index (χ2n) is 5.39. The van der Waals surface area contributed by atoms with Crippen molar-refractivity contribution in [1.29, 1.82) is 0 Å². The Labute approximate surface area is 142 Å². The van der Waals surface area contributed by atoms with Gasteiger partial charge in [-0.25, -0.2) is 4.79 Å². The van der Waals surface area contributed by atoms with Crippen molar-refractivity contribution in [1.82, 2.24) is 0 Å². The molecule has 0 bridgehead atoms. The number of carbonyl (C=O) groups is 1. The number of hydrogen-bond donors (Lipinski definition) is 0. The van der Waals surface area contributed by atoms with E-state index in [0.717, 1.165) is 30.6 Å². The number of epoxide rings is 1. The molecule has 23 heavy (non-hydrogen) atoms. The van der Waals surface area contributed by atoms with E-state index in [2.05, 4.69) is 6.92 Å². The number of carbonyl (C=O) groups excluding carboxylic acids is 1. The first-order valence-electron chi connectivity index (χ1n) is 8.02. The lowest BCUT2D eigenvalue weighted by molar-refractivity contribution is -0.137. The molecule has 4 nitrogen and oxygen atoms in total. The van der Waals surface area contributed by atoms with Crippen LogP contribution < -0.4 is 0 Å². The zero-order chi connectivity index (χ0) is 16.7. The second kappa shape index (κ2) is 9.06. The molecule has 126 valence electrons. The molecular formula is C18H23ClO4. The lowest BCUT2D eigenvalue weighted by atomic mass is 9.98. The van der Waals surface area contributed by atoms with Crippen molar-refractivity contribution in [2.75, 3.05) is 19.8 Å². The van der Waals surface area contributed by atoms with Gasteiger partial charge in [-0.15, -0.1) is 0 Å². The summed E-state index contributed by atoms with van der Waals surface area (Å²) in [6.07, 6.45) is 5.13. The molecule has 2 atom stereocenters. The highest BCUT2D eigenvalue weighted by Gasteiger charge is 2.25. The van der Waals surface area contributed by atoms with Crippen molar-refractivity contribution in [2.45, 2.75) is 38.9 Å². The number of halogens is 1. The minimum absolute atomic E-state index is 0.0651. The standard InChI is InChI=1S/C18H23ClO4/c1-3-6-17(23-12-13-11-22-13)15-7-5-8-16(19)14(15)9-10-18(20)21-4-2/h5,7-10,13,17H,3-4,6,11-12H2,1-2H3/t13?,17-/m1/s1. The van der Waals surface area contributed by atoms with Crippen molar-refractivity contribution in [3.63, 3.8) is 0 Å². The molecule has 1 aliphatic heterocycles. The van der Waals surface area contributed by atoms with Gasteiger partial charge in [-0.3, -0.25) is 0 Å². The van der Waals surface area contributed by atoms with E-state index in [1.54, 1.807) is 13.0 Å². The Hall–Kier alpha value is -1.36. The van der Waals surface area contributed by atoms with E-state index < -0.39 is 0 Å². The molecule has 0 aromatic heterocycles. The van der Waals surface area contributed by atoms with Crippen LogP contribution in [-0.4, -0.2) is 31.9 Å². The van der Waals surface area contributed by atoms with Crippen molar-refractivity contribution in [3.05, 3.63) is 40.4 Å². The lowest BCUT2D eigenvalue weighted by Crippen LogP contribution is -2.10. The summed E-state index contributed by atoms with van der Waals surface area (Å²) in [5.74, 6) is -0.377. The summed E-state index contributed by atoms with van der Waals surface area (Å²) in [6.45, 7) is 5.59. The van der Waals surface area contributed by atoms with Gasteiger partial charge in [-0.1, -0.05) is 37.1 Å². The Morgan fingerprint density at radius 1 is 1.48 bits per heavy atom. The number of hydrogen-bond acceptors (Lipinski definition) is 4. The molecule has 0 N–H and O–H groups in total. The maximum Gasteiger partial charge on any atom is 0.330 e. The van der Waals surface area contributed by atoms with Crippen LogP contribution in [0.15, 0.2) is 24.3 Å². The Bertz CT molecular complexity index is 552. The van der Waals surface area contributed by atoms with E-state index >= 15 is 0 Å². The summed E-state index contributed by atoms with van der Waals surface area (Å²) in [5.41, 5.74) is 1.79. The Morgan fingerprint density at radius 2 is 2.26 bits per heavy atom. The summed E-state index contributed by atoms with van der Waals surface area (Å²) in [7, 11) is 0. The Balaban J connectivity index is 2.20. The second-order valence-corrected chi connectivity index (χ2v) is 5.80. The molecule has 2 rings (SSSR count). The molecular weight excluding hydrogens is 316 g/mol. The molecule has 0 radical (unpaired) electrons. The van der Waals surface area contributed by atoms with Crippen molar-refractivity contribution in [2.24, 2.45) is 0 Å². The van der Waals surface area contributed by atoms with Gasteiger partial charge in [0.25, 0.3) is 0 Å². The number of rotatable bonds is 9. The predicted octanol–water partition coefficient (Wildman–Crippen LogP) is 4.17. The fourth-order valence-corrected chi connectivity index (χ4v) is 2.58. The number of benzene rings is 1. The van der Waals surface area contributed by atoms with Crippen LogP contribution in [0.3, 0.4) is 0 Å². The molecule has 1 aromatic rings. The molecule has 0 spiro atoms. The van der Waals surface area contributed by atoms with Gasteiger partial charge in [0.15, 0.2) is 0 Å². The lowest BCUT2D eigenvalue weighted by Gasteiger charge is -2.20. The minimum atomic E-state index is -0.377. The van der Waals surface area contributed by atoms with E-state index in [9.17, 15) is 4.79 Å². The quantitative estimate of drug-likeness (QED) is 0.385. The molecule has 1 heterocycles. The fraction of sp³-hybridized carbons (Fsp3) is 0.500. The monoisotopic (exact) mass is 338 g/mol. The third-order valence-electron chi connectivity index (χ3n) is 3.54. The molecule has 0 saturated carbocycles. The first-order chi connectivity index (χ1) is 11.2. The van der Waals surface area contributed by atoms with Gasteiger partial charge in [-0.2, -0.15) is 0 Å². The summed E-state index contributed by atoms with van der Waals surface area (Å²) >= 11 is 6.33. The average Bonchev–Trinajstić information content (AvgIpc) is 3.34. The molecule has 0 aliphatic carbocycles. The minimum Gasteiger partial charge on any atom is -0.463 e. The van der Waals surface area contributed by atoms with Gasteiger partial charge >= 0.3 is 5.97 Å². The van der Waals surface area contributed by atoms with Crippen molar-refractivity contribution < 1.29 is 19.0 Å². The predicted molar refractivity (Wildman–Crippen MR) is 90.5 cm³/mol. The molecule has 0 amide bonds. The molecule has 1 saturated heterocycles. The highest BCUT2D eigenvalue weighted by Crippen LogP contribution is 2.32. The van der Waals surface area contributed by atoms with E-state index in [0.29, 0.717) is 18.2 Å². The molecule has 1 unspecified atom stereocenters. The fourth-order valence-electron chi connectivity index (χ4n) is 2.33. The molecule has 1 aliphatic rings. The Morgan fingerprint density at radius 3 is 2.91 bits per heavy atom. The normalized spacial score (nSPS) is 18.1. The van der Waals surface area contributed by atoms with Crippen LogP contribution in [0, 0.1) is 0 Å². The van der Waals surface area contributed by atoms with Gasteiger partial charge in [-0.05, 0) is 36.6 Å².